The van der Waals surface area contributed by atoms with Crippen LogP contribution in [0, 0.1) is 11.8 Å². The molecule has 6 heteroatoms. The zero-order chi connectivity index (χ0) is 20.8. The summed E-state index contributed by atoms with van der Waals surface area (Å²) in [5.41, 5.74) is 8.64. The van der Waals surface area contributed by atoms with Crippen LogP contribution in [0.25, 0.3) is 11.3 Å². The van der Waals surface area contributed by atoms with E-state index in [2.05, 4.69) is 15.3 Å². The molecule has 4 rings (SSSR count). The molecule has 2 aromatic heterocycles. The molecule has 1 aromatic carbocycles. The molecule has 4 N–H and O–H groups in total. The highest BCUT2D eigenvalue weighted by Gasteiger charge is 2.28. The van der Waals surface area contributed by atoms with Crippen LogP contribution in [0.5, 0.6) is 0 Å². The summed E-state index contributed by atoms with van der Waals surface area (Å²) < 4.78 is 0. The number of hydrogen-bond acceptors (Lipinski definition) is 4. The molecule has 6 nitrogen and oxygen atoms in total. The van der Waals surface area contributed by atoms with Crippen molar-refractivity contribution in [3.8, 4) is 11.3 Å². The van der Waals surface area contributed by atoms with Crippen molar-refractivity contribution in [1.82, 2.24) is 20.3 Å². The van der Waals surface area contributed by atoms with Crippen molar-refractivity contribution < 1.29 is 4.79 Å². The van der Waals surface area contributed by atoms with E-state index in [0.29, 0.717) is 18.9 Å². The molecular weight excluding hydrogens is 374 g/mol. The Kier molecular flexibility index (Phi) is 6.54. The summed E-state index contributed by atoms with van der Waals surface area (Å²) in [5.74, 6) is 1.45. The number of rotatable bonds is 7. The van der Waals surface area contributed by atoms with Crippen molar-refractivity contribution in [2.45, 2.75) is 38.1 Å². The highest BCUT2D eigenvalue weighted by Crippen LogP contribution is 2.29. The zero-order valence-corrected chi connectivity index (χ0v) is 17.1. The molecule has 3 aromatic rings. The number of hydrogen-bond donors (Lipinski definition) is 3. The van der Waals surface area contributed by atoms with Gasteiger partial charge in [-0.05, 0) is 50.3 Å². The number of carbonyl (C=O) groups is 1. The summed E-state index contributed by atoms with van der Waals surface area (Å²) >= 11 is 0. The summed E-state index contributed by atoms with van der Waals surface area (Å²) in [4.78, 5) is 25.5. The Morgan fingerprint density at radius 3 is 2.57 bits per heavy atom. The number of H-pyrrole nitrogens is 1. The summed E-state index contributed by atoms with van der Waals surface area (Å²) in [5, 5.41) is 3.25. The van der Waals surface area contributed by atoms with Crippen molar-refractivity contribution in [3.05, 3.63) is 72.4 Å². The first kappa shape index (κ1) is 20.3. The highest BCUT2D eigenvalue weighted by molar-refractivity contribution is 5.79. The Hall–Kier alpha value is -2.99. The second kappa shape index (κ2) is 9.67. The molecule has 1 aliphatic carbocycles. The first-order valence-corrected chi connectivity index (χ1v) is 10.7. The molecular formula is C24H29N5O. The molecule has 1 atom stereocenters. The first-order chi connectivity index (χ1) is 14.7. The van der Waals surface area contributed by atoms with E-state index in [1.54, 1.807) is 6.20 Å². The minimum absolute atomic E-state index is 0.0441. The van der Waals surface area contributed by atoms with Crippen LogP contribution >= 0.6 is 0 Å². The second-order valence-electron chi connectivity index (χ2n) is 8.08. The molecule has 0 bridgehead atoms. The first-order valence-electron chi connectivity index (χ1n) is 10.7. The van der Waals surface area contributed by atoms with Crippen molar-refractivity contribution >= 4 is 5.91 Å². The van der Waals surface area contributed by atoms with Crippen LogP contribution in [0.4, 0.5) is 0 Å². The molecule has 156 valence electrons. The fourth-order valence-electron chi connectivity index (χ4n) is 4.17. The van der Waals surface area contributed by atoms with E-state index in [1.807, 2.05) is 54.7 Å². The Balaban J connectivity index is 1.51. The van der Waals surface area contributed by atoms with E-state index in [9.17, 15) is 4.79 Å². The Morgan fingerprint density at radius 2 is 1.87 bits per heavy atom. The van der Waals surface area contributed by atoms with Crippen LogP contribution in [0.2, 0.25) is 0 Å². The van der Waals surface area contributed by atoms with Gasteiger partial charge in [0.05, 0.1) is 11.7 Å². The van der Waals surface area contributed by atoms with E-state index in [1.165, 1.54) is 0 Å². The topological polar surface area (TPSA) is 96.7 Å². The predicted molar refractivity (Wildman–Crippen MR) is 117 cm³/mol. The summed E-state index contributed by atoms with van der Waals surface area (Å²) in [6.07, 6.45) is 8.12. The van der Waals surface area contributed by atoms with Gasteiger partial charge in [0.1, 0.15) is 5.82 Å². The molecule has 1 aliphatic rings. The number of nitrogens with zero attached hydrogens (tertiary/aromatic N) is 2. The molecule has 1 amide bonds. The average molecular weight is 404 g/mol. The molecule has 0 aliphatic heterocycles. The minimum Gasteiger partial charge on any atom is -0.346 e. The molecule has 1 saturated carbocycles. The summed E-state index contributed by atoms with van der Waals surface area (Å²) in [6.45, 7) is 0.714. The van der Waals surface area contributed by atoms with Gasteiger partial charge < -0.3 is 16.0 Å². The van der Waals surface area contributed by atoms with Crippen molar-refractivity contribution in [2.75, 3.05) is 6.54 Å². The lowest BCUT2D eigenvalue weighted by atomic mass is 9.81. The average Bonchev–Trinajstić information content (AvgIpc) is 3.30. The zero-order valence-electron chi connectivity index (χ0n) is 17.1. The molecule has 0 spiro atoms. The number of nitrogens with one attached hydrogen (secondary N) is 2. The Bertz CT molecular complexity index is 932. The Labute approximate surface area is 177 Å². The molecule has 1 fully saturated rings. The van der Waals surface area contributed by atoms with E-state index in [4.69, 9.17) is 10.7 Å². The number of benzene rings is 1. The van der Waals surface area contributed by atoms with Crippen molar-refractivity contribution in [1.29, 1.82) is 0 Å². The van der Waals surface area contributed by atoms with E-state index in [0.717, 1.165) is 48.5 Å². The lowest BCUT2D eigenvalue weighted by molar-refractivity contribution is -0.127. The van der Waals surface area contributed by atoms with Gasteiger partial charge in [0.2, 0.25) is 5.91 Å². The van der Waals surface area contributed by atoms with Crippen molar-refractivity contribution in [2.24, 2.45) is 17.6 Å². The molecule has 0 saturated heterocycles. The van der Waals surface area contributed by atoms with Crippen LogP contribution in [0.1, 0.15) is 43.2 Å². The summed E-state index contributed by atoms with van der Waals surface area (Å²) in [7, 11) is 0. The number of nitrogens with two attached hydrogens (primary N) is 1. The maximum Gasteiger partial charge on any atom is 0.223 e. The number of carbonyl (C=O) groups excluding carboxylic acids is 1. The monoisotopic (exact) mass is 403 g/mol. The van der Waals surface area contributed by atoms with Gasteiger partial charge in [0, 0.05) is 36.0 Å². The largest absolute Gasteiger partial charge is 0.346 e. The van der Waals surface area contributed by atoms with Crippen LogP contribution in [-0.2, 0) is 11.2 Å². The third-order valence-electron chi connectivity index (χ3n) is 6.00. The molecule has 1 unspecified atom stereocenters. The van der Waals surface area contributed by atoms with E-state index in [-0.39, 0.29) is 17.9 Å². The number of aromatic nitrogens is 3. The minimum atomic E-state index is -0.253. The van der Waals surface area contributed by atoms with Gasteiger partial charge in [-0.2, -0.15) is 0 Å². The lowest BCUT2D eigenvalue weighted by Crippen LogP contribution is -2.37. The van der Waals surface area contributed by atoms with Gasteiger partial charge in [0.25, 0.3) is 0 Å². The third-order valence-corrected chi connectivity index (χ3v) is 6.00. The number of pyridine rings is 1. The number of imidazole rings is 1. The fourth-order valence-corrected chi connectivity index (χ4v) is 4.17. The van der Waals surface area contributed by atoms with Gasteiger partial charge in [-0.3, -0.25) is 9.78 Å². The maximum absolute atomic E-state index is 13.0. The van der Waals surface area contributed by atoms with Gasteiger partial charge in [0.15, 0.2) is 0 Å². The van der Waals surface area contributed by atoms with Gasteiger partial charge >= 0.3 is 0 Å². The van der Waals surface area contributed by atoms with Gasteiger partial charge in [-0.15, -0.1) is 0 Å². The van der Waals surface area contributed by atoms with Crippen LogP contribution < -0.4 is 11.1 Å². The maximum atomic E-state index is 13.0. The van der Waals surface area contributed by atoms with E-state index >= 15 is 0 Å². The SMILES string of the molecule is NC[C@H]1CC[C@H](C(=O)NC(Cc2ccccn2)c2nc(-c3ccccc3)c[nH]2)CC1. The lowest BCUT2D eigenvalue weighted by Gasteiger charge is -2.28. The number of amides is 1. The quantitative estimate of drug-likeness (QED) is 0.561. The normalized spacial score (nSPS) is 19.9. The fraction of sp³-hybridized carbons (Fsp3) is 0.375. The molecule has 30 heavy (non-hydrogen) atoms. The van der Waals surface area contributed by atoms with Gasteiger partial charge in [-0.25, -0.2) is 4.98 Å². The molecule has 0 radical (unpaired) electrons. The predicted octanol–water partition coefficient (Wildman–Crippen LogP) is 3.64. The van der Waals surface area contributed by atoms with E-state index < -0.39 is 0 Å². The van der Waals surface area contributed by atoms with Crippen LogP contribution in [-0.4, -0.2) is 27.4 Å². The molecule has 2 heterocycles. The highest BCUT2D eigenvalue weighted by atomic mass is 16.1. The van der Waals surface area contributed by atoms with Gasteiger partial charge in [-0.1, -0.05) is 36.4 Å². The standard InChI is InChI=1S/C24H29N5O/c25-15-17-9-11-19(12-10-17)24(30)29-21(14-20-8-4-5-13-26-20)23-27-16-22(28-23)18-6-2-1-3-7-18/h1-8,13,16-17,19,21H,9-12,14-15,25H2,(H,27,28)(H,29,30)/t17-,19-,21?. The third kappa shape index (κ3) is 4.94. The van der Waals surface area contributed by atoms with Crippen molar-refractivity contribution in [3.63, 3.8) is 0 Å². The second-order valence-corrected chi connectivity index (χ2v) is 8.08. The summed E-state index contributed by atoms with van der Waals surface area (Å²) in [6, 6.07) is 15.6. The van der Waals surface area contributed by atoms with Crippen LogP contribution in [0.3, 0.4) is 0 Å². The Morgan fingerprint density at radius 1 is 1.10 bits per heavy atom. The van der Waals surface area contributed by atoms with Crippen LogP contribution in [0.15, 0.2) is 60.9 Å². The smallest absolute Gasteiger partial charge is 0.223 e. The number of aromatic amines is 1.